The summed E-state index contributed by atoms with van der Waals surface area (Å²) in [6.07, 6.45) is 4.22. The van der Waals surface area contributed by atoms with Crippen molar-refractivity contribution in [2.75, 3.05) is 49.7 Å². The quantitative estimate of drug-likeness (QED) is 0.489. The van der Waals surface area contributed by atoms with Crippen molar-refractivity contribution in [3.63, 3.8) is 0 Å². The first kappa shape index (κ1) is 20.2. The molecule has 1 saturated heterocycles. The van der Waals surface area contributed by atoms with Crippen LogP contribution >= 0.6 is 11.8 Å². The van der Waals surface area contributed by atoms with Gasteiger partial charge >= 0.3 is 0 Å². The molecule has 1 aliphatic rings. The fourth-order valence-electron chi connectivity index (χ4n) is 2.62. The van der Waals surface area contributed by atoms with Crippen molar-refractivity contribution in [3.8, 4) is 0 Å². The van der Waals surface area contributed by atoms with Crippen molar-refractivity contribution in [2.24, 2.45) is 0 Å². The number of rotatable bonds is 5. The van der Waals surface area contributed by atoms with Crippen LogP contribution in [0.2, 0.25) is 0 Å². The lowest BCUT2D eigenvalue weighted by Gasteiger charge is -2.34. The number of carbonyl (C=O) groups is 1. The molecule has 0 atom stereocenters. The maximum absolute atomic E-state index is 11.2. The van der Waals surface area contributed by atoms with Gasteiger partial charge in [-0.3, -0.25) is 4.79 Å². The maximum atomic E-state index is 11.2. The van der Waals surface area contributed by atoms with Crippen molar-refractivity contribution in [1.82, 2.24) is 14.9 Å². The zero-order valence-corrected chi connectivity index (χ0v) is 16.7. The Morgan fingerprint density at radius 2 is 1.77 bits per heavy atom. The molecule has 2 aromatic rings. The second-order valence-corrected chi connectivity index (χ2v) is 6.51. The Morgan fingerprint density at radius 1 is 1.12 bits per heavy atom. The molecule has 140 valence electrons. The van der Waals surface area contributed by atoms with E-state index in [4.69, 9.17) is 0 Å². The van der Waals surface area contributed by atoms with E-state index >= 15 is 0 Å². The summed E-state index contributed by atoms with van der Waals surface area (Å²) in [6, 6.07) is 8.24. The van der Waals surface area contributed by atoms with Gasteiger partial charge in [-0.15, -0.1) is 0 Å². The molecule has 6 nitrogen and oxygen atoms in total. The summed E-state index contributed by atoms with van der Waals surface area (Å²) in [4.78, 5) is 24.4. The molecule has 7 heteroatoms. The maximum Gasteiger partial charge on any atom is 0.189 e. The summed E-state index contributed by atoms with van der Waals surface area (Å²) in [5, 5.41) is 3.85. The van der Waals surface area contributed by atoms with Gasteiger partial charge in [-0.05, 0) is 37.6 Å². The number of nitrogens with zero attached hydrogens (tertiary/aromatic N) is 4. The monoisotopic (exact) mass is 373 g/mol. The van der Waals surface area contributed by atoms with Crippen LogP contribution in [0.1, 0.15) is 24.2 Å². The molecule has 1 aliphatic heterocycles. The summed E-state index contributed by atoms with van der Waals surface area (Å²) >= 11 is 1.45. The molecule has 26 heavy (non-hydrogen) atoms. The van der Waals surface area contributed by atoms with E-state index in [1.165, 1.54) is 17.4 Å². The van der Waals surface area contributed by atoms with Crippen molar-refractivity contribution < 1.29 is 4.79 Å². The third-order valence-corrected chi connectivity index (χ3v) is 4.66. The van der Waals surface area contributed by atoms with Crippen molar-refractivity contribution in [2.45, 2.75) is 19.0 Å². The third kappa shape index (κ3) is 5.19. The number of nitrogens with one attached hydrogen (secondary N) is 1. The average Bonchev–Trinajstić information content (AvgIpc) is 2.70. The highest BCUT2D eigenvalue weighted by Gasteiger charge is 2.14. The Balaban J connectivity index is 0.00000117. The molecule has 0 unspecified atom stereocenters. The summed E-state index contributed by atoms with van der Waals surface area (Å²) in [5.41, 5.74) is 2.58. The second-order valence-electron chi connectivity index (χ2n) is 5.74. The van der Waals surface area contributed by atoms with E-state index in [2.05, 4.69) is 44.3 Å². The highest BCUT2D eigenvalue weighted by molar-refractivity contribution is 7.98. The summed E-state index contributed by atoms with van der Waals surface area (Å²) in [7, 11) is 2.15. The summed E-state index contributed by atoms with van der Waals surface area (Å²) < 4.78 is 0. The lowest BCUT2D eigenvalue weighted by molar-refractivity contribution is 0.112. The molecule has 1 aromatic heterocycles. The number of hydrogen-bond donors (Lipinski definition) is 1. The topological polar surface area (TPSA) is 61.4 Å². The normalized spacial score (nSPS) is 14.4. The van der Waals surface area contributed by atoms with E-state index in [-0.39, 0.29) is 0 Å². The van der Waals surface area contributed by atoms with E-state index in [1.54, 1.807) is 6.20 Å². The molecule has 2 heterocycles. The minimum atomic E-state index is 0.455. The van der Waals surface area contributed by atoms with Gasteiger partial charge in [-0.2, -0.15) is 0 Å². The van der Waals surface area contributed by atoms with Crippen LogP contribution in [0.4, 0.5) is 17.2 Å². The molecule has 0 aliphatic carbocycles. The van der Waals surface area contributed by atoms with Gasteiger partial charge in [0, 0.05) is 43.8 Å². The van der Waals surface area contributed by atoms with E-state index in [0.717, 1.165) is 38.2 Å². The molecule has 1 aromatic carbocycles. The third-order valence-electron chi connectivity index (χ3n) is 4.10. The molecule has 3 rings (SSSR count). The van der Waals surface area contributed by atoms with Gasteiger partial charge in [0.2, 0.25) is 0 Å². The van der Waals surface area contributed by atoms with Crippen LogP contribution in [0.5, 0.6) is 0 Å². The number of hydrogen-bond acceptors (Lipinski definition) is 7. The number of piperazine rings is 1. The summed E-state index contributed by atoms with van der Waals surface area (Å²) in [6.45, 7) is 8.26. The lowest BCUT2D eigenvalue weighted by Crippen LogP contribution is -2.44. The van der Waals surface area contributed by atoms with E-state index in [1.807, 2.05) is 32.2 Å². The number of thioether (sulfide) groups is 1. The van der Waals surface area contributed by atoms with Gasteiger partial charge in [-0.25, -0.2) is 9.97 Å². The fourth-order valence-corrected chi connectivity index (χ4v) is 2.96. The highest BCUT2D eigenvalue weighted by atomic mass is 32.2. The first-order valence-corrected chi connectivity index (χ1v) is 10.1. The summed E-state index contributed by atoms with van der Waals surface area (Å²) in [5.74, 6) is 0.539. The van der Waals surface area contributed by atoms with Crippen LogP contribution < -0.4 is 10.2 Å². The van der Waals surface area contributed by atoms with E-state index in [0.29, 0.717) is 16.5 Å². The SMILES string of the molecule is CC.CSc1ncc(C=O)c(Nc2ccc(N3CCN(C)CC3)cc2)n1. The minimum absolute atomic E-state index is 0.455. The van der Waals surface area contributed by atoms with Gasteiger partial charge in [0.15, 0.2) is 11.4 Å². The van der Waals surface area contributed by atoms with E-state index in [9.17, 15) is 4.79 Å². The van der Waals surface area contributed by atoms with Gasteiger partial charge in [0.25, 0.3) is 0 Å². The van der Waals surface area contributed by atoms with Crippen LogP contribution in [0.15, 0.2) is 35.6 Å². The zero-order valence-electron chi connectivity index (χ0n) is 15.9. The van der Waals surface area contributed by atoms with Crippen LogP contribution in [0.3, 0.4) is 0 Å². The van der Waals surface area contributed by atoms with Crippen LogP contribution in [0.25, 0.3) is 0 Å². The molecule has 0 amide bonds. The Kier molecular flexibility index (Phi) is 7.87. The predicted molar refractivity (Wildman–Crippen MR) is 110 cm³/mol. The molecule has 1 N–H and O–H groups in total. The van der Waals surface area contributed by atoms with Gasteiger partial charge in [-0.1, -0.05) is 25.6 Å². The second kappa shape index (κ2) is 10.1. The van der Waals surface area contributed by atoms with Crippen molar-refractivity contribution in [1.29, 1.82) is 0 Å². The first-order valence-electron chi connectivity index (χ1n) is 8.86. The van der Waals surface area contributed by atoms with Crippen LogP contribution in [-0.4, -0.2) is 60.6 Å². The fraction of sp³-hybridized carbons (Fsp3) is 0.421. The molecule has 1 fully saturated rings. The number of aromatic nitrogens is 2. The Labute approximate surface area is 160 Å². The number of carbonyl (C=O) groups excluding carboxylic acids is 1. The number of likely N-dealkylation sites (N-methyl/N-ethyl adjacent to an activating group) is 1. The number of anilines is 3. The lowest BCUT2D eigenvalue weighted by atomic mass is 10.2. The van der Waals surface area contributed by atoms with Crippen molar-refractivity contribution >= 4 is 35.2 Å². The Hall–Kier alpha value is -2.12. The first-order chi connectivity index (χ1) is 12.7. The smallest absolute Gasteiger partial charge is 0.189 e. The van der Waals surface area contributed by atoms with E-state index < -0.39 is 0 Å². The van der Waals surface area contributed by atoms with Gasteiger partial charge in [0.1, 0.15) is 5.82 Å². The molecule has 0 bridgehead atoms. The number of aldehydes is 1. The molecule has 0 spiro atoms. The highest BCUT2D eigenvalue weighted by Crippen LogP contribution is 2.23. The minimum Gasteiger partial charge on any atom is -0.369 e. The molecular weight excluding hydrogens is 346 g/mol. The predicted octanol–water partition coefficient (Wildman–Crippen LogP) is 3.53. The zero-order chi connectivity index (χ0) is 18.9. The molecule has 0 saturated carbocycles. The van der Waals surface area contributed by atoms with Gasteiger partial charge in [0.05, 0.1) is 5.56 Å². The largest absolute Gasteiger partial charge is 0.369 e. The standard InChI is InChI=1S/C17H21N5OS.C2H6/c1-21-7-9-22(10-8-21)15-5-3-14(4-6-15)19-16-13(12-23)11-18-17(20-16)24-2;1-2/h3-6,11-12H,7-10H2,1-2H3,(H,18,19,20);1-2H3. The average molecular weight is 374 g/mol. The molecule has 0 radical (unpaired) electrons. The number of benzene rings is 1. The van der Waals surface area contributed by atoms with Crippen molar-refractivity contribution in [3.05, 3.63) is 36.0 Å². The molecular formula is C19H27N5OS. The van der Waals surface area contributed by atoms with Gasteiger partial charge < -0.3 is 15.1 Å². The Bertz CT molecular complexity index is 700. The van der Waals surface area contributed by atoms with Crippen LogP contribution in [0, 0.1) is 0 Å². The van der Waals surface area contributed by atoms with Crippen LogP contribution in [-0.2, 0) is 0 Å². The Morgan fingerprint density at radius 3 is 2.35 bits per heavy atom.